The summed E-state index contributed by atoms with van der Waals surface area (Å²) in [7, 11) is 0. The summed E-state index contributed by atoms with van der Waals surface area (Å²) in [6, 6.07) is 2.96. The van der Waals surface area contributed by atoms with E-state index in [1.54, 1.807) is 0 Å². The number of carbonyl (C=O) groups is 1. The van der Waals surface area contributed by atoms with Crippen molar-refractivity contribution < 1.29 is 9.53 Å². The number of pyridine rings is 1. The lowest BCUT2D eigenvalue weighted by atomic mass is 10.2. The molecule has 19 heavy (non-hydrogen) atoms. The van der Waals surface area contributed by atoms with Crippen molar-refractivity contribution in [2.75, 3.05) is 0 Å². The predicted octanol–water partition coefficient (Wildman–Crippen LogP) is 2.55. The fourth-order valence-corrected chi connectivity index (χ4v) is 1.54. The van der Waals surface area contributed by atoms with E-state index in [1.165, 1.54) is 12.3 Å². The second-order valence-electron chi connectivity index (χ2n) is 4.24. The zero-order valence-electron chi connectivity index (χ0n) is 11.1. The Morgan fingerprint density at radius 3 is 2.79 bits per heavy atom. The van der Waals surface area contributed by atoms with Crippen molar-refractivity contribution in [2.24, 2.45) is 0 Å². The molecule has 0 saturated heterocycles. The third kappa shape index (κ3) is 4.42. The summed E-state index contributed by atoms with van der Waals surface area (Å²) in [6.07, 6.45) is 1.87. The summed E-state index contributed by atoms with van der Waals surface area (Å²) >= 11 is 5.99. The molecule has 0 aliphatic carbocycles. The molecule has 1 atom stereocenters. The first-order valence-electron chi connectivity index (χ1n) is 6.00. The van der Waals surface area contributed by atoms with Gasteiger partial charge in [0.2, 0.25) is 5.88 Å². The highest BCUT2D eigenvalue weighted by Crippen LogP contribution is 2.23. The molecule has 1 amide bonds. The number of nitriles is 1. The maximum absolute atomic E-state index is 11.9. The molecule has 0 saturated carbocycles. The highest BCUT2D eigenvalue weighted by atomic mass is 35.5. The van der Waals surface area contributed by atoms with Gasteiger partial charge in [0.25, 0.3) is 5.91 Å². The van der Waals surface area contributed by atoms with Gasteiger partial charge >= 0.3 is 0 Å². The Morgan fingerprint density at radius 1 is 1.63 bits per heavy atom. The number of halogens is 1. The fourth-order valence-electron chi connectivity index (χ4n) is 1.33. The zero-order chi connectivity index (χ0) is 14.4. The molecular weight excluding hydrogens is 266 g/mol. The molecule has 0 bridgehead atoms. The number of aromatic nitrogens is 1. The summed E-state index contributed by atoms with van der Waals surface area (Å²) in [5, 5.41) is 11.6. The number of nitrogens with one attached hydrogen (secondary N) is 1. The number of hydrogen-bond donors (Lipinski definition) is 1. The van der Waals surface area contributed by atoms with Gasteiger partial charge in [-0.25, -0.2) is 4.98 Å². The van der Waals surface area contributed by atoms with Crippen LogP contribution in [0.25, 0.3) is 0 Å². The van der Waals surface area contributed by atoms with E-state index < -0.39 is 6.04 Å². The maximum atomic E-state index is 11.9. The number of ether oxygens (including phenoxy) is 1. The third-order valence-corrected chi connectivity index (χ3v) is 2.56. The van der Waals surface area contributed by atoms with Crippen LogP contribution in [0.2, 0.25) is 5.02 Å². The van der Waals surface area contributed by atoms with E-state index in [-0.39, 0.29) is 17.0 Å². The molecule has 0 aromatic carbocycles. The number of carbonyl (C=O) groups excluding carboxylic acids is 1. The SMILES string of the molecule is CC[C@@H](C#N)NC(=O)c1cnc(OC(C)C)c(Cl)c1. The Hall–Kier alpha value is -1.80. The Bertz CT molecular complexity index is 497. The van der Waals surface area contributed by atoms with Crippen LogP contribution in [0.5, 0.6) is 5.88 Å². The molecule has 5 nitrogen and oxygen atoms in total. The van der Waals surface area contributed by atoms with Crippen molar-refractivity contribution in [1.29, 1.82) is 5.26 Å². The lowest BCUT2D eigenvalue weighted by molar-refractivity contribution is 0.0944. The van der Waals surface area contributed by atoms with Crippen LogP contribution in [0.15, 0.2) is 12.3 Å². The summed E-state index contributed by atoms with van der Waals surface area (Å²) < 4.78 is 5.38. The van der Waals surface area contributed by atoms with E-state index in [9.17, 15) is 4.79 Å². The largest absolute Gasteiger partial charge is 0.474 e. The minimum atomic E-state index is -0.516. The van der Waals surface area contributed by atoms with Gasteiger partial charge in [0, 0.05) is 6.20 Å². The lowest BCUT2D eigenvalue weighted by Crippen LogP contribution is -2.33. The van der Waals surface area contributed by atoms with Crippen LogP contribution in [0.4, 0.5) is 0 Å². The van der Waals surface area contributed by atoms with Crippen molar-refractivity contribution in [3.05, 3.63) is 22.8 Å². The van der Waals surface area contributed by atoms with Crippen molar-refractivity contribution >= 4 is 17.5 Å². The van der Waals surface area contributed by atoms with Gasteiger partial charge in [-0.15, -0.1) is 0 Å². The Kier molecular flexibility index (Phi) is 5.58. The number of hydrogen-bond acceptors (Lipinski definition) is 4. The minimum absolute atomic E-state index is 0.0484. The van der Waals surface area contributed by atoms with Gasteiger partial charge in [0.15, 0.2) is 0 Å². The normalized spacial score (nSPS) is 11.8. The smallest absolute Gasteiger partial charge is 0.253 e. The Labute approximate surface area is 117 Å². The second-order valence-corrected chi connectivity index (χ2v) is 4.65. The van der Waals surface area contributed by atoms with Crippen LogP contribution in [-0.4, -0.2) is 23.0 Å². The average molecular weight is 282 g/mol. The summed E-state index contributed by atoms with van der Waals surface area (Å²) in [6.45, 7) is 5.54. The average Bonchev–Trinajstić information content (AvgIpc) is 2.37. The van der Waals surface area contributed by atoms with Crippen molar-refractivity contribution in [2.45, 2.75) is 39.3 Å². The van der Waals surface area contributed by atoms with Crippen LogP contribution in [0.3, 0.4) is 0 Å². The Balaban J connectivity index is 2.83. The van der Waals surface area contributed by atoms with E-state index in [1.807, 2.05) is 26.8 Å². The standard InChI is InChI=1S/C13H16ClN3O2/c1-4-10(6-15)17-12(18)9-5-11(14)13(16-7-9)19-8(2)3/h5,7-8,10H,4H2,1-3H3,(H,17,18)/t10-/m0/s1. The van der Waals surface area contributed by atoms with E-state index in [0.717, 1.165) is 0 Å². The lowest BCUT2D eigenvalue weighted by Gasteiger charge is -2.12. The molecule has 0 unspecified atom stereocenters. The van der Waals surface area contributed by atoms with Crippen molar-refractivity contribution in [3.63, 3.8) is 0 Å². The molecule has 0 aliphatic rings. The predicted molar refractivity (Wildman–Crippen MR) is 72.2 cm³/mol. The first-order chi connectivity index (χ1) is 8.97. The first kappa shape index (κ1) is 15.3. The van der Waals surface area contributed by atoms with E-state index in [0.29, 0.717) is 17.9 Å². The third-order valence-electron chi connectivity index (χ3n) is 2.29. The number of rotatable bonds is 5. The molecule has 1 aromatic heterocycles. The summed E-state index contributed by atoms with van der Waals surface area (Å²) in [5.74, 6) is -0.0839. The van der Waals surface area contributed by atoms with Gasteiger partial charge < -0.3 is 10.1 Å². The summed E-state index contributed by atoms with van der Waals surface area (Å²) in [4.78, 5) is 15.9. The van der Waals surface area contributed by atoms with Crippen LogP contribution in [0.1, 0.15) is 37.6 Å². The molecule has 0 fully saturated rings. The molecule has 102 valence electrons. The summed E-state index contributed by atoms with van der Waals surface area (Å²) in [5.41, 5.74) is 0.301. The van der Waals surface area contributed by atoms with E-state index in [2.05, 4.69) is 10.3 Å². The molecule has 0 spiro atoms. The molecule has 1 aromatic rings. The first-order valence-corrected chi connectivity index (χ1v) is 6.38. The molecule has 1 rings (SSSR count). The van der Waals surface area contributed by atoms with Crippen molar-refractivity contribution in [3.8, 4) is 11.9 Å². The number of nitrogens with zero attached hydrogens (tertiary/aromatic N) is 2. The molecule has 6 heteroatoms. The van der Waals surface area contributed by atoms with E-state index in [4.69, 9.17) is 21.6 Å². The molecule has 0 aliphatic heterocycles. The minimum Gasteiger partial charge on any atom is -0.474 e. The van der Waals surface area contributed by atoms with E-state index >= 15 is 0 Å². The second kappa shape index (κ2) is 6.95. The fraction of sp³-hybridized carbons (Fsp3) is 0.462. The van der Waals surface area contributed by atoms with Gasteiger partial charge in [0.1, 0.15) is 11.1 Å². The molecule has 1 heterocycles. The highest BCUT2D eigenvalue weighted by Gasteiger charge is 2.14. The van der Waals surface area contributed by atoms with Gasteiger partial charge in [-0.3, -0.25) is 4.79 Å². The van der Waals surface area contributed by atoms with Gasteiger partial charge in [-0.1, -0.05) is 18.5 Å². The Morgan fingerprint density at radius 2 is 2.32 bits per heavy atom. The maximum Gasteiger partial charge on any atom is 0.253 e. The van der Waals surface area contributed by atoms with Crippen LogP contribution >= 0.6 is 11.6 Å². The van der Waals surface area contributed by atoms with Crippen LogP contribution in [-0.2, 0) is 0 Å². The quantitative estimate of drug-likeness (QED) is 0.900. The highest BCUT2D eigenvalue weighted by molar-refractivity contribution is 6.32. The van der Waals surface area contributed by atoms with Crippen LogP contribution < -0.4 is 10.1 Å². The van der Waals surface area contributed by atoms with Gasteiger partial charge in [-0.2, -0.15) is 5.26 Å². The molecule has 0 radical (unpaired) electrons. The van der Waals surface area contributed by atoms with Gasteiger partial charge in [-0.05, 0) is 26.3 Å². The van der Waals surface area contributed by atoms with Crippen LogP contribution in [0, 0.1) is 11.3 Å². The van der Waals surface area contributed by atoms with Gasteiger partial charge in [0.05, 0.1) is 17.7 Å². The topological polar surface area (TPSA) is 75.0 Å². The zero-order valence-corrected chi connectivity index (χ0v) is 11.9. The molecule has 1 N–H and O–H groups in total. The monoisotopic (exact) mass is 281 g/mol. The van der Waals surface area contributed by atoms with Crippen molar-refractivity contribution in [1.82, 2.24) is 10.3 Å². The number of amides is 1. The molecular formula is C13H16ClN3O2.